The molecule has 196 valence electrons. The Hall–Kier alpha value is -3.10. The molecule has 0 bridgehead atoms. The zero-order valence-electron chi connectivity index (χ0n) is 21.8. The van der Waals surface area contributed by atoms with E-state index in [1.807, 2.05) is 37.8 Å². The minimum atomic E-state index is -0.666. The van der Waals surface area contributed by atoms with E-state index < -0.39 is 17.6 Å². The molecule has 1 aromatic carbocycles. The Morgan fingerprint density at radius 2 is 1.81 bits per heavy atom. The van der Waals surface area contributed by atoms with Crippen LogP contribution in [0.3, 0.4) is 0 Å². The Morgan fingerprint density at radius 3 is 2.47 bits per heavy atom. The normalized spacial score (nSPS) is 19.6. The van der Waals surface area contributed by atoms with Crippen molar-refractivity contribution in [1.29, 1.82) is 0 Å². The summed E-state index contributed by atoms with van der Waals surface area (Å²) in [4.78, 5) is 51.2. The summed E-state index contributed by atoms with van der Waals surface area (Å²) in [6.45, 7) is 7.16. The van der Waals surface area contributed by atoms with Crippen LogP contribution >= 0.6 is 0 Å². The molecule has 0 saturated carbocycles. The van der Waals surface area contributed by atoms with Crippen LogP contribution in [0.25, 0.3) is 11.0 Å². The van der Waals surface area contributed by atoms with Crippen molar-refractivity contribution in [2.75, 3.05) is 13.1 Å². The highest BCUT2D eigenvalue weighted by Gasteiger charge is 2.31. The predicted molar refractivity (Wildman–Crippen MR) is 137 cm³/mol. The third-order valence-corrected chi connectivity index (χ3v) is 7.28. The summed E-state index contributed by atoms with van der Waals surface area (Å²) in [5, 5.41) is 2.36. The minimum absolute atomic E-state index is 0.219. The number of likely N-dealkylation sites (tertiary alicyclic amines) is 1. The van der Waals surface area contributed by atoms with E-state index in [0.717, 1.165) is 68.2 Å². The van der Waals surface area contributed by atoms with Gasteiger partial charge in [0.15, 0.2) is 0 Å². The third-order valence-electron chi connectivity index (χ3n) is 7.28. The quantitative estimate of drug-likeness (QED) is 0.484. The number of aromatic nitrogens is 2. The van der Waals surface area contributed by atoms with Crippen molar-refractivity contribution >= 4 is 28.9 Å². The molecule has 0 aliphatic carbocycles. The number of rotatable bonds is 6. The van der Waals surface area contributed by atoms with E-state index in [2.05, 4.69) is 11.4 Å². The average molecular weight is 499 g/mol. The number of hydrogen-bond donors (Lipinski definition) is 1. The molecule has 1 aromatic heterocycles. The summed E-state index contributed by atoms with van der Waals surface area (Å²) in [6.07, 6.45) is 6.39. The number of unbranched alkanes of at least 4 members (excludes halogenated alkanes) is 1. The molecule has 4 rings (SSSR count). The second-order valence-electron chi connectivity index (χ2n) is 11.1. The van der Waals surface area contributed by atoms with E-state index in [-0.39, 0.29) is 24.1 Å². The monoisotopic (exact) mass is 498 g/mol. The molecule has 1 atom stereocenters. The van der Waals surface area contributed by atoms with Crippen molar-refractivity contribution in [2.45, 2.75) is 83.8 Å². The van der Waals surface area contributed by atoms with Gasteiger partial charge in [0.05, 0.1) is 11.0 Å². The van der Waals surface area contributed by atoms with Crippen LogP contribution in [-0.2, 0) is 27.8 Å². The Balaban J connectivity index is 1.34. The second kappa shape index (κ2) is 10.5. The van der Waals surface area contributed by atoms with Crippen LogP contribution in [-0.4, -0.2) is 50.6 Å². The molecule has 36 heavy (non-hydrogen) atoms. The lowest BCUT2D eigenvalue weighted by atomic mass is 9.91. The molecule has 2 aliphatic rings. The van der Waals surface area contributed by atoms with Crippen LogP contribution in [0, 0.1) is 5.92 Å². The number of aryl methyl sites for hydroxylation is 2. The van der Waals surface area contributed by atoms with Crippen molar-refractivity contribution in [1.82, 2.24) is 19.4 Å². The van der Waals surface area contributed by atoms with Gasteiger partial charge in [-0.05, 0) is 70.4 Å². The highest BCUT2D eigenvalue weighted by molar-refractivity contribution is 6.00. The Kier molecular flexibility index (Phi) is 7.57. The molecule has 9 heteroatoms. The molecule has 2 aromatic rings. The van der Waals surface area contributed by atoms with Crippen LogP contribution in [0.2, 0.25) is 0 Å². The van der Waals surface area contributed by atoms with E-state index in [4.69, 9.17) is 4.74 Å². The molecule has 1 unspecified atom stereocenters. The number of para-hydroxylation sites is 1. The van der Waals surface area contributed by atoms with E-state index in [1.54, 1.807) is 16.2 Å². The van der Waals surface area contributed by atoms with Gasteiger partial charge in [-0.3, -0.25) is 24.0 Å². The van der Waals surface area contributed by atoms with Crippen LogP contribution in [0.5, 0.6) is 0 Å². The number of fused-ring (bicyclic) bond motifs is 1. The number of hydrogen-bond acceptors (Lipinski definition) is 5. The smallest absolute Gasteiger partial charge is 0.410 e. The first-order valence-corrected chi connectivity index (χ1v) is 13.1. The fraction of sp³-hybridized carbons (Fsp3) is 0.630. The number of imidazole rings is 1. The van der Waals surface area contributed by atoms with Crippen molar-refractivity contribution in [3.63, 3.8) is 0 Å². The third kappa shape index (κ3) is 5.65. The fourth-order valence-electron chi connectivity index (χ4n) is 5.43. The van der Waals surface area contributed by atoms with Crippen molar-refractivity contribution in [3.8, 4) is 0 Å². The van der Waals surface area contributed by atoms with Gasteiger partial charge in [-0.1, -0.05) is 25.0 Å². The van der Waals surface area contributed by atoms with Gasteiger partial charge in [0.25, 0.3) is 0 Å². The number of carbonyl (C=O) groups is 3. The first-order chi connectivity index (χ1) is 17.0. The summed E-state index contributed by atoms with van der Waals surface area (Å²) in [7, 11) is 1.75. The summed E-state index contributed by atoms with van der Waals surface area (Å²) in [6, 6.07) is 5.20. The second-order valence-corrected chi connectivity index (χ2v) is 11.1. The van der Waals surface area contributed by atoms with Gasteiger partial charge >= 0.3 is 11.8 Å². The van der Waals surface area contributed by atoms with E-state index in [0.29, 0.717) is 12.3 Å². The first kappa shape index (κ1) is 26.0. The topological polar surface area (TPSA) is 103 Å². The van der Waals surface area contributed by atoms with E-state index in [1.165, 1.54) is 0 Å². The summed E-state index contributed by atoms with van der Waals surface area (Å²) in [5.74, 6) is -0.0952. The number of carbonyl (C=O) groups excluding carboxylic acids is 3. The fourth-order valence-corrected chi connectivity index (χ4v) is 5.43. The number of imide groups is 1. The Morgan fingerprint density at radius 1 is 1.08 bits per heavy atom. The molecule has 2 aliphatic heterocycles. The molecule has 2 fully saturated rings. The molecular formula is C27H38N4O5. The largest absolute Gasteiger partial charge is 0.444 e. The lowest BCUT2D eigenvalue weighted by molar-refractivity contribution is -0.135. The summed E-state index contributed by atoms with van der Waals surface area (Å²) in [5.41, 5.74) is 1.99. The summed E-state index contributed by atoms with van der Waals surface area (Å²) < 4.78 is 8.65. The van der Waals surface area contributed by atoms with Gasteiger partial charge in [-0.2, -0.15) is 0 Å². The molecule has 0 spiro atoms. The maximum atomic E-state index is 13.1. The number of piperidine rings is 2. The maximum Gasteiger partial charge on any atom is 0.410 e. The Bertz CT molecular complexity index is 1200. The number of amides is 3. The number of ether oxygens (including phenoxy) is 1. The number of nitrogens with zero attached hydrogens (tertiary/aromatic N) is 3. The minimum Gasteiger partial charge on any atom is -0.444 e. The summed E-state index contributed by atoms with van der Waals surface area (Å²) >= 11 is 0. The van der Waals surface area contributed by atoms with Crippen LogP contribution in [0.1, 0.15) is 77.3 Å². The van der Waals surface area contributed by atoms with Gasteiger partial charge in [0.1, 0.15) is 11.6 Å². The molecule has 0 radical (unpaired) electrons. The highest BCUT2D eigenvalue weighted by atomic mass is 16.6. The van der Waals surface area contributed by atoms with Crippen molar-refractivity contribution in [2.24, 2.45) is 13.0 Å². The van der Waals surface area contributed by atoms with Gasteiger partial charge < -0.3 is 9.64 Å². The van der Waals surface area contributed by atoms with Crippen LogP contribution in [0.15, 0.2) is 23.0 Å². The van der Waals surface area contributed by atoms with Crippen LogP contribution in [0.4, 0.5) is 4.79 Å². The molecule has 9 nitrogen and oxygen atoms in total. The standard InChI is InChI=1S/C27H38N4O5/c1-27(2,3)36-26(35)30-16-14-18(15-17-30)8-5-6-9-19-10-7-11-20-23(19)29(4)25(34)31(20)21-12-13-22(32)28-24(21)33/h7,10-11,18,21H,5-6,8-9,12-17H2,1-4H3,(H,28,32,33). The highest BCUT2D eigenvalue weighted by Crippen LogP contribution is 2.27. The van der Waals surface area contributed by atoms with Crippen molar-refractivity contribution in [3.05, 3.63) is 34.2 Å². The lowest BCUT2D eigenvalue weighted by Gasteiger charge is -2.33. The van der Waals surface area contributed by atoms with Crippen molar-refractivity contribution < 1.29 is 19.1 Å². The van der Waals surface area contributed by atoms with E-state index in [9.17, 15) is 19.2 Å². The first-order valence-electron chi connectivity index (χ1n) is 13.1. The SMILES string of the molecule is Cn1c(=O)n(C2CCC(=O)NC2=O)c2cccc(CCCCC3CCN(C(=O)OC(C)(C)C)CC3)c21. The predicted octanol–water partition coefficient (Wildman–Crippen LogP) is 3.68. The zero-order chi connectivity index (χ0) is 26.0. The maximum absolute atomic E-state index is 13.1. The van der Waals surface area contributed by atoms with Gasteiger partial charge in [-0.25, -0.2) is 9.59 Å². The average Bonchev–Trinajstić information content (AvgIpc) is 3.07. The molecule has 3 heterocycles. The van der Waals surface area contributed by atoms with Crippen LogP contribution < -0.4 is 11.0 Å². The van der Waals surface area contributed by atoms with E-state index >= 15 is 0 Å². The number of nitrogens with one attached hydrogen (secondary N) is 1. The van der Waals surface area contributed by atoms with Gasteiger partial charge in [0, 0.05) is 26.6 Å². The number of benzene rings is 1. The molecule has 2 saturated heterocycles. The molecular weight excluding hydrogens is 460 g/mol. The molecule has 1 N–H and O–H groups in total. The molecule has 3 amide bonds. The Labute approximate surface area is 211 Å². The lowest BCUT2D eigenvalue weighted by Crippen LogP contribution is -2.44. The van der Waals surface area contributed by atoms with Gasteiger partial charge in [0.2, 0.25) is 11.8 Å². The van der Waals surface area contributed by atoms with Gasteiger partial charge in [-0.15, -0.1) is 0 Å². The zero-order valence-corrected chi connectivity index (χ0v) is 21.8.